The largest absolute Gasteiger partial charge is 0.397 e. The first-order valence-electron chi connectivity index (χ1n) is 7.02. The normalized spacial score (nSPS) is 9.77. The lowest BCUT2D eigenvalue weighted by molar-refractivity contribution is -0.115. The quantitative estimate of drug-likeness (QED) is 0.802. The average Bonchev–Trinajstić information content (AvgIpc) is 2.54. The van der Waals surface area contributed by atoms with Crippen molar-refractivity contribution in [3.63, 3.8) is 0 Å². The number of nitrogen functional groups attached to an aromatic ring is 1. The summed E-state index contributed by atoms with van der Waals surface area (Å²) in [5.41, 5.74) is 7.86. The zero-order chi connectivity index (χ0) is 15.8. The molecule has 0 aliphatic rings. The van der Waals surface area contributed by atoms with Gasteiger partial charge in [0, 0.05) is 12.2 Å². The van der Waals surface area contributed by atoms with Gasteiger partial charge < -0.3 is 16.0 Å². The lowest BCUT2D eigenvalue weighted by Crippen LogP contribution is -2.34. The molecule has 0 saturated heterocycles. The molecule has 2 aromatic rings. The Morgan fingerprint density at radius 3 is 2.50 bits per heavy atom. The lowest BCUT2D eigenvalue weighted by Gasteiger charge is -2.23. The van der Waals surface area contributed by atoms with Gasteiger partial charge in [-0.05, 0) is 24.3 Å². The Bertz CT molecular complexity index is 664. The number of benzene rings is 2. The summed E-state index contributed by atoms with van der Waals surface area (Å²) in [6, 6.07) is 18.8. The SMILES string of the molecule is N#CCCN(CC(=O)Nc1ccccc1N)c1ccccc1. The molecule has 0 aromatic heterocycles. The highest BCUT2D eigenvalue weighted by Crippen LogP contribution is 2.18. The molecule has 0 radical (unpaired) electrons. The first-order chi connectivity index (χ1) is 10.7. The maximum Gasteiger partial charge on any atom is 0.243 e. The Labute approximate surface area is 130 Å². The Morgan fingerprint density at radius 2 is 1.82 bits per heavy atom. The van der Waals surface area contributed by atoms with Crippen LogP contribution in [-0.2, 0) is 4.79 Å². The van der Waals surface area contributed by atoms with Crippen LogP contribution >= 0.6 is 0 Å². The van der Waals surface area contributed by atoms with E-state index in [0.717, 1.165) is 5.69 Å². The molecule has 0 fully saturated rings. The lowest BCUT2D eigenvalue weighted by atomic mass is 10.2. The molecule has 0 atom stereocenters. The minimum absolute atomic E-state index is 0.167. The highest BCUT2D eigenvalue weighted by atomic mass is 16.2. The smallest absolute Gasteiger partial charge is 0.243 e. The fourth-order valence-corrected chi connectivity index (χ4v) is 2.10. The van der Waals surface area contributed by atoms with Gasteiger partial charge in [0.2, 0.25) is 5.91 Å². The molecule has 112 valence electrons. The second kappa shape index (κ2) is 7.70. The maximum atomic E-state index is 12.2. The highest BCUT2D eigenvalue weighted by Gasteiger charge is 2.12. The molecule has 0 unspecified atom stereocenters. The van der Waals surface area contributed by atoms with Crippen LogP contribution in [0.4, 0.5) is 17.1 Å². The van der Waals surface area contributed by atoms with E-state index >= 15 is 0 Å². The van der Waals surface area contributed by atoms with Gasteiger partial charge in [0.15, 0.2) is 0 Å². The van der Waals surface area contributed by atoms with E-state index in [1.54, 1.807) is 12.1 Å². The van der Waals surface area contributed by atoms with Crippen molar-refractivity contribution in [2.24, 2.45) is 0 Å². The Balaban J connectivity index is 2.05. The number of carbonyl (C=O) groups is 1. The third-order valence-electron chi connectivity index (χ3n) is 3.18. The van der Waals surface area contributed by atoms with E-state index in [-0.39, 0.29) is 12.5 Å². The number of rotatable bonds is 6. The summed E-state index contributed by atoms with van der Waals surface area (Å²) >= 11 is 0. The highest BCUT2D eigenvalue weighted by molar-refractivity contribution is 5.96. The first-order valence-corrected chi connectivity index (χ1v) is 7.02. The predicted molar refractivity (Wildman–Crippen MR) is 88.4 cm³/mol. The van der Waals surface area contributed by atoms with Crippen molar-refractivity contribution in [1.29, 1.82) is 5.26 Å². The molecule has 22 heavy (non-hydrogen) atoms. The van der Waals surface area contributed by atoms with Crippen LogP contribution < -0.4 is 16.0 Å². The number of hydrogen-bond acceptors (Lipinski definition) is 4. The fraction of sp³-hybridized carbons (Fsp3) is 0.176. The van der Waals surface area contributed by atoms with Crippen molar-refractivity contribution in [3.8, 4) is 6.07 Å². The van der Waals surface area contributed by atoms with E-state index in [1.165, 1.54) is 0 Å². The van der Waals surface area contributed by atoms with Gasteiger partial charge in [-0.3, -0.25) is 4.79 Å². The minimum atomic E-state index is -0.167. The van der Waals surface area contributed by atoms with Crippen molar-refractivity contribution in [1.82, 2.24) is 0 Å². The van der Waals surface area contributed by atoms with E-state index in [4.69, 9.17) is 11.0 Å². The molecular weight excluding hydrogens is 276 g/mol. The monoisotopic (exact) mass is 294 g/mol. The average molecular weight is 294 g/mol. The maximum absolute atomic E-state index is 12.2. The van der Waals surface area contributed by atoms with Crippen LogP contribution in [0.15, 0.2) is 54.6 Å². The molecular formula is C17H18N4O. The molecule has 2 aromatic carbocycles. The molecule has 5 heteroatoms. The number of nitrogens with two attached hydrogens (primary N) is 1. The zero-order valence-electron chi connectivity index (χ0n) is 12.2. The summed E-state index contributed by atoms with van der Waals surface area (Å²) in [4.78, 5) is 14.1. The summed E-state index contributed by atoms with van der Waals surface area (Å²) in [5.74, 6) is -0.167. The minimum Gasteiger partial charge on any atom is -0.397 e. The molecule has 5 nitrogen and oxygen atoms in total. The summed E-state index contributed by atoms with van der Waals surface area (Å²) in [5, 5.41) is 11.6. The number of anilines is 3. The third kappa shape index (κ3) is 4.25. The standard InChI is InChI=1S/C17H18N4O/c18-11-6-12-21(14-7-2-1-3-8-14)13-17(22)20-16-10-5-4-9-15(16)19/h1-5,7-10H,6,12-13,19H2,(H,20,22). The molecule has 0 aliphatic heterocycles. The van der Waals surface area contributed by atoms with Gasteiger partial charge in [-0.15, -0.1) is 0 Å². The number of nitrogens with one attached hydrogen (secondary N) is 1. The van der Waals surface area contributed by atoms with Crippen molar-refractivity contribution >= 4 is 23.0 Å². The number of carbonyl (C=O) groups excluding carboxylic acids is 1. The van der Waals surface area contributed by atoms with E-state index < -0.39 is 0 Å². The van der Waals surface area contributed by atoms with Gasteiger partial charge in [0.25, 0.3) is 0 Å². The molecule has 3 N–H and O–H groups in total. The van der Waals surface area contributed by atoms with Gasteiger partial charge in [0.1, 0.15) is 0 Å². The topological polar surface area (TPSA) is 82.2 Å². The molecule has 1 amide bonds. The number of nitrogens with zero attached hydrogens (tertiary/aromatic N) is 2. The van der Waals surface area contributed by atoms with Crippen molar-refractivity contribution in [2.75, 3.05) is 29.0 Å². The van der Waals surface area contributed by atoms with Crippen molar-refractivity contribution in [2.45, 2.75) is 6.42 Å². The fourth-order valence-electron chi connectivity index (χ4n) is 2.10. The van der Waals surface area contributed by atoms with Crippen LogP contribution in [0.1, 0.15) is 6.42 Å². The van der Waals surface area contributed by atoms with Gasteiger partial charge >= 0.3 is 0 Å². The first kappa shape index (κ1) is 15.4. The van der Waals surface area contributed by atoms with E-state index in [9.17, 15) is 4.79 Å². The summed E-state index contributed by atoms with van der Waals surface area (Å²) in [6.07, 6.45) is 0.357. The second-order valence-corrected chi connectivity index (χ2v) is 4.80. The third-order valence-corrected chi connectivity index (χ3v) is 3.18. The van der Waals surface area contributed by atoms with Gasteiger partial charge in [0.05, 0.1) is 30.4 Å². The molecule has 0 spiro atoms. The molecule has 0 aliphatic carbocycles. The van der Waals surface area contributed by atoms with Crippen LogP contribution in [0.3, 0.4) is 0 Å². The van der Waals surface area contributed by atoms with Crippen LogP contribution in [0.2, 0.25) is 0 Å². The summed E-state index contributed by atoms with van der Waals surface area (Å²) in [7, 11) is 0. The van der Waals surface area contributed by atoms with Crippen LogP contribution in [0, 0.1) is 11.3 Å². The van der Waals surface area contributed by atoms with Crippen molar-refractivity contribution in [3.05, 3.63) is 54.6 Å². The van der Waals surface area contributed by atoms with E-state index in [2.05, 4.69) is 11.4 Å². The van der Waals surface area contributed by atoms with Crippen LogP contribution in [0.5, 0.6) is 0 Å². The van der Waals surface area contributed by atoms with Gasteiger partial charge in [-0.1, -0.05) is 30.3 Å². The zero-order valence-corrected chi connectivity index (χ0v) is 12.2. The Kier molecular flexibility index (Phi) is 5.38. The van der Waals surface area contributed by atoms with Gasteiger partial charge in [-0.2, -0.15) is 5.26 Å². The molecule has 2 rings (SSSR count). The number of nitriles is 1. The predicted octanol–water partition coefficient (Wildman–Crippen LogP) is 2.63. The number of hydrogen-bond donors (Lipinski definition) is 2. The second-order valence-electron chi connectivity index (χ2n) is 4.80. The number of amides is 1. The van der Waals surface area contributed by atoms with Gasteiger partial charge in [-0.25, -0.2) is 0 Å². The summed E-state index contributed by atoms with van der Waals surface area (Å²) in [6.45, 7) is 0.665. The van der Waals surface area contributed by atoms with Crippen LogP contribution in [0.25, 0.3) is 0 Å². The van der Waals surface area contributed by atoms with E-state index in [0.29, 0.717) is 24.3 Å². The van der Waals surface area contributed by atoms with Crippen LogP contribution in [-0.4, -0.2) is 19.0 Å². The molecule has 0 bridgehead atoms. The number of para-hydroxylation sites is 3. The van der Waals surface area contributed by atoms with Crippen molar-refractivity contribution < 1.29 is 4.79 Å². The molecule has 0 heterocycles. The Morgan fingerprint density at radius 1 is 1.14 bits per heavy atom. The molecule has 0 saturated carbocycles. The Hall–Kier alpha value is -3.00. The summed E-state index contributed by atoms with van der Waals surface area (Å²) < 4.78 is 0. The van der Waals surface area contributed by atoms with E-state index in [1.807, 2.05) is 47.4 Å².